The maximum Gasteiger partial charge on any atom is 0.191 e. The molecule has 8 nitrogen and oxygen atoms in total. The smallest absolute Gasteiger partial charge is 0.191 e. The van der Waals surface area contributed by atoms with Crippen molar-refractivity contribution >= 4 is 29.9 Å². The van der Waals surface area contributed by atoms with Gasteiger partial charge in [0, 0.05) is 46.6 Å². The molecule has 28 heavy (non-hydrogen) atoms. The lowest BCUT2D eigenvalue weighted by Gasteiger charge is -2.19. The summed E-state index contributed by atoms with van der Waals surface area (Å²) in [7, 11) is 1.97. The molecular formula is C19H37IN6O2. The van der Waals surface area contributed by atoms with Crippen molar-refractivity contribution in [1.82, 2.24) is 25.4 Å². The summed E-state index contributed by atoms with van der Waals surface area (Å²) in [5.74, 6) is 2.59. The number of aromatic nitrogens is 3. The molecule has 1 aromatic rings. The van der Waals surface area contributed by atoms with Crippen molar-refractivity contribution < 1.29 is 9.47 Å². The lowest BCUT2D eigenvalue weighted by atomic mass is 10.0. The van der Waals surface area contributed by atoms with Gasteiger partial charge >= 0.3 is 0 Å². The number of halogens is 1. The zero-order valence-corrected chi connectivity index (χ0v) is 20.1. The van der Waals surface area contributed by atoms with Crippen LogP contribution in [0.25, 0.3) is 0 Å². The molecule has 0 saturated heterocycles. The third-order valence-electron chi connectivity index (χ3n) is 5.09. The van der Waals surface area contributed by atoms with Gasteiger partial charge in [-0.05, 0) is 51.9 Å². The Morgan fingerprint density at radius 1 is 1.14 bits per heavy atom. The van der Waals surface area contributed by atoms with Gasteiger partial charge in [-0.25, -0.2) is 4.99 Å². The average Bonchev–Trinajstić information content (AvgIpc) is 3.37. The van der Waals surface area contributed by atoms with Gasteiger partial charge in [-0.15, -0.1) is 34.2 Å². The Labute approximate surface area is 186 Å². The normalized spacial score (nSPS) is 15.2. The minimum absolute atomic E-state index is 0. The lowest BCUT2D eigenvalue weighted by molar-refractivity contribution is 0.128. The van der Waals surface area contributed by atoms with Crippen LogP contribution in [-0.4, -0.2) is 60.2 Å². The van der Waals surface area contributed by atoms with E-state index in [1.54, 1.807) is 0 Å². The maximum absolute atomic E-state index is 5.53. The van der Waals surface area contributed by atoms with Crippen molar-refractivity contribution in [1.29, 1.82) is 0 Å². The number of hydrogen-bond donors (Lipinski definition) is 2. The number of aliphatic imine (C=N–C) groups is 1. The molecule has 0 aliphatic heterocycles. The predicted molar refractivity (Wildman–Crippen MR) is 122 cm³/mol. The second-order valence-electron chi connectivity index (χ2n) is 7.17. The second-order valence-corrected chi connectivity index (χ2v) is 7.17. The van der Waals surface area contributed by atoms with Crippen LogP contribution in [0.15, 0.2) is 4.99 Å². The minimum Gasteiger partial charge on any atom is -0.382 e. The van der Waals surface area contributed by atoms with E-state index in [-0.39, 0.29) is 24.0 Å². The predicted octanol–water partition coefficient (Wildman–Crippen LogP) is 2.41. The molecule has 1 aromatic heterocycles. The minimum atomic E-state index is 0. The van der Waals surface area contributed by atoms with Crippen LogP contribution in [0.1, 0.15) is 51.2 Å². The van der Waals surface area contributed by atoms with E-state index >= 15 is 0 Å². The van der Waals surface area contributed by atoms with Gasteiger partial charge in [0.05, 0.1) is 0 Å². The molecule has 2 rings (SSSR count). The van der Waals surface area contributed by atoms with Crippen LogP contribution in [0.4, 0.5) is 0 Å². The lowest BCUT2D eigenvalue weighted by Crippen LogP contribution is -2.41. The zero-order chi connectivity index (χ0) is 19.5. The zero-order valence-electron chi connectivity index (χ0n) is 17.8. The number of aryl methyl sites for hydroxylation is 1. The Morgan fingerprint density at radius 3 is 2.46 bits per heavy atom. The van der Waals surface area contributed by atoms with Crippen LogP contribution in [0.2, 0.25) is 0 Å². The molecule has 0 radical (unpaired) electrons. The van der Waals surface area contributed by atoms with Crippen molar-refractivity contribution in [3.8, 4) is 0 Å². The van der Waals surface area contributed by atoms with Crippen molar-refractivity contribution in [2.75, 3.05) is 39.5 Å². The average molecular weight is 508 g/mol. The van der Waals surface area contributed by atoms with Crippen molar-refractivity contribution in [3.63, 3.8) is 0 Å². The van der Waals surface area contributed by atoms with Gasteiger partial charge in [0.25, 0.3) is 0 Å². The fraction of sp³-hybridized carbons (Fsp3) is 0.842. The van der Waals surface area contributed by atoms with Crippen LogP contribution in [0.3, 0.4) is 0 Å². The Hall–Kier alpha value is -0.940. The maximum atomic E-state index is 5.53. The summed E-state index contributed by atoms with van der Waals surface area (Å²) in [6, 6.07) is 0. The first kappa shape index (κ1) is 25.1. The van der Waals surface area contributed by atoms with Crippen LogP contribution >= 0.6 is 24.0 Å². The molecule has 1 aliphatic rings. The van der Waals surface area contributed by atoms with E-state index in [2.05, 4.69) is 20.8 Å². The van der Waals surface area contributed by atoms with E-state index in [1.807, 2.05) is 32.4 Å². The van der Waals surface area contributed by atoms with Gasteiger partial charge in [-0.3, -0.25) is 0 Å². The third-order valence-corrected chi connectivity index (χ3v) is 5.09. The number of rotatable bonds is 13. The Bertz CT molecular complexity index is 589. The largest absolute Gasteiger partial charge is 0.382 e. The van der Waals surface area contributed by atoms with Gasteiger partial charge in [0.1, 0.15) is 12.4 Å². The molecule has 162 valence electrons. The van der Waals surface area contributed by atoms with Crippen LogP contribution in [-0.2, 0) is 23.1 Å². The first-order valence-corrected chi connectivity index (χ1v) is 10.1. The number of nitrogens with one attached hydrogen (secondary N) is 2. The molecule has 1 fully saturated rings. The second kappa shape index (κ2) is 13.3. The summed E-state index contributed by atoms with van der Waals surface area (Å²) < 4.78 is 12.9. The van der Waals surface area contributed by atoms with E-state index in [4.69, 9.17) is 14.5 Å². The Balaban J connectivity index is 0.00000392. The molecule has 0 atom stereocenters. The standard InChI is InChI=1S/C19H36N6O2.HI/c1-5-26-12-7-11-20-18(21-14-17-24-23-16(3)25(17)4)22-15-19(8-9-19)10-13-27-6-2;/h5-15H2,1-4H3,(H2,20,21,22);1H. The van der Waals surface area contributed by atoms with Crippen molar-refractivity contribution in [3.05, 3.63) is 11.6 Å². The molecule has 9 heteroatoms. The topological polar surface area (TPSA) is 85.6 Å². The highest BCUT2D eigenvalue weighted by atomic mass is 127. The van der Waals surface area contributed by atoms with E-state index in [0.717, 1.165) is 70.0 Å². The Kier molecular flexibility index (Phi) is 11.9. The summed E-state index contributed by atoms with van der Waals surface area (Å²) in [5, 5.41) is 15.2. The molecule has 0 aromatic carbocycles. The van der Waals surface area contributed by atoms with Crippen LogP contribution in [0.5, 0.6) is 0 Å². The van der Waals surface area contributed by atoms with Crippen molar-refractivity contribution in [2.24, 2.45) is 17.5 Å². The monoisotopic (exact) mass is 508 g/mol. The molecular weight excluding hydrogens is 471 g/mol. The number of nitrogens with zero attached hydrogens (tertiary/aromatic N) is 4. The van der Waals surface area contributed by atoms with Gasteiger partial charge in [-0.1, -0.05) is 0 Å². The SMILES string of the molecule is CCOCCCNC(=NCc1nnc(C)n1C)NCC1(CCOCC)CC1.I. The van der Waals surface area contributed by atoms with E-state index in [1.165, 1.54) is 12.8 Å². The highest BCUT2D eigenvalue weighted by molar-refractivity contribution is 14.0. The van der Waals surface area contributed by atoms with E-state index in [0.29, 0.717) is 12.0 Å². The van der Waals surface area contributed by atoms with E-state index < -0.39 is 0 Å². The number of ether oxygens (including phenoxy) is 2. The molecule has 0 spiro atoms. The third kappa shape index (κ3) is 8.60. The Morgan fingerprint density at radius 2 is 1.86 bits per heavy atom. The van der Waals surface area contributed by atoms with Gasteiger partial charge in [0.15, 0.2) is 11.8 Å². The molecule has 0 unspecified atom stereocenters. The quantitative estimate of drug-likeness (QED) is 0.184. The number of hydrogen-bond acceptors (Lipinski definition) is 5. The number of guanidine groups is 1. The molecule has 1 heterocycles. The van der Waals surface area contributed by atoms with Gasteiger partial charge in [0.2, 0.25) is 0 Å². The molecule has 1 aliphatic carbocycles. The first-order valence-electron chi connectivity index (χ1n) is 10.1. The highest BCUT2D eigenvalue weighted by Crippen LogP contribution is 2.48. The molecule has 2 N–H and O–H groups in total. The summed E-state index contributed by atoms with van der Waals surface area (Å²) >= 11 is 0. The van der Waals surface area contributed by atoms with E-state index in [9.17, 15) is 0 Å². The van der Waals surface area contributed by atoms with Crippen molar-refractivity contribution in [2.45, 2.75) is 53.0 Å². The first-order chi connectivity index (χ1) is 13.1. The molecule has 0 amide bonds. The highest BCUT2D eigenvalue weighted by Gasteiger charge is 2.41. The summed E-state index contributed by atoms with van der Waals surface area (Å²) in [6.07, 6.45) is 4.57. The molecule has 1 saturated carbocycles. The summed E-state index contributed by atoms with van der Waals surface area (Å²) in [5.41, 5.74) is 0.365. The fourth-order valence-electron chi connectivity index (χ4n) is 2.83. The van der Waals surface area contributed by atoms with Crippen LogP contribution in [0, 0.1) is 12.3 Å². The van der Waals surface area contributed by atoms with Crippen LogP contribution < -0.4 is 10.6 Å². The van der Waals surface area contributed by atoms with Gasteiger partial charge < -0.3 is 24.7 Å². The van der Waals surface area contributed by atoms with Gasteiger partial charge in [-0.2, -0.15) is 0 Å². The fourth-order valence-corrected chi connectivity index (χ4v) is 2.83. The summed E-state index contributed by atoms with van der Waals surface area (Å²) in [6.45, 7) is 11.4. The summed E-state index contributed by atoms with van der Waals surface area (Å²) in [4.78, 5) is 4.71. The molecule has 0 bridgehead atoms.